The van der Waals surface area contributed by atoms with Crippen LogP contribution >= 0.6 is 0 Å². The molecule has 4 rings (SSSR count). The zero-order chi connectivity index (χ0) is 76.4. The summed E-state index contributed by atoms with van der Waals surface area (Å²) in [4.78, 5) is 196. The van der Waals surface area contributed by atoms with E-state index >= 15 is 0 Å². The van der Waals surface area contributed by atoms with Crippen LogP contribution in [0.15, 0.2) is 65.7 Å². The van der Waals surface area contributed by atoms with Crippen molar-refractivity contribution in [3.63, 3.8) is 0 Å². The summed E-state index contributed by atoms with van der Waals surface area (Å²) >= 11 is 0. The Morgan fingerprint density at radius 2 is 1.03 bits per heavy atom. The Morgan fingerprint density at radius 1 is 0.583 bits per heavy atom. The lowest BCUT2D eigenvalue weighted by Crippen LogP contribution is -2.60. The topological polar surface area (TPSA) is 613 Å². The molecular weight excluding hydrogens is 1360 g/mol. The second kappa shape index (κ2) is 45.2. The Balaban J connectivity index is 0.00000701. The highest BCUT2D eigenvalue weighted by molar-refractivity contribution is 7.90. The van der Waals surface area contributed by atoms with Gasteiger partial charge in [0, 0.05) is 65.5 Å². The fourth-order valence-corrected chi connectivity index (χ4v) is 12.0. The number of carbonyl (C=O) groups is 14. The molecule has 13 amide bonds. The highest BCUT2D eigenvalue weighted by Crippen LogP contribution is 2.24. The molecule has 0 aromatic heterocycles. The number of aliphatic imine (C=N–C) groups is 1. The SMILES string of the molecule is CC(=O)O.CC(C)C[C@H](NC(=O)CN(C)C(=O)[C@H](Cc1ccccc1)NC(=O)[C@H](Cc1ccccc1)NC(=O)[C@H](CCC(N)=O)NC(=O)[C@H](CCC(N)=O)NC(=O)[C@@H]1CCCN1C(=O)[C@H](CCCCN)NC(=O)[C@@H]1CCCN1C(=O)[C@@H](N)CCCN=C(N)N)C(=O)N[C@@H](CCS(C)(=O)=O)C(N)=O.O. The summed E-state index contributed by atoms with van der Waals surface area (Å²) in [6.45, 7) is 4.77. The average Bonchev–Trinajstić information content (AvgIpc) is 1.76. The predicted molar refractivity (Wildman–Crippen MR) is 378 cm³/mol. The molecule has 0 radical (unpaired) electrons. The van der Waals surface area contributed by atoms with Gasteiger partial charge in [0.25, 0.3) is 5.97 Å². The Kier molecular flexibility index (Phi) is 39.1. The molecule has 0 saturated carbocycles. The number of aliphatic carboxylic acids is 1. The standard InChI is InChI=1S/C64H100N18O15S.C2H4O2.H2O/c1-38(2)34-46(57(89)74-42(54(69)86)28-33-98(4,96)97)73-53(85)37-80(3)62(94)48(36-40-18-9-6-10-19-40)79-58(90)47(35-39-16-7-5-8-17-39)78-56(88)43(24-26-51(67)83)75-55(87)44(25-27-52(68)84)76-59(91)50-23-15-32-82(50)63(95)45(21-11-12-29-65)77-60(92)49-22-14-31-81(49)61(93)41(66)20-13-30-72-64(70)71;1-2(3)4;/h5-10,16-19,38,41-50H,11-15,20-37,65-66H2,1-4H3,(H2,67,83)(H2,68,84)(H2,69,86)(H,73,85)(H,74,89)(H,75,87)(H,76,91)(H,77,92)(H,78,88)(H,79,90)(H4,70,71,72);1H3,(H,3,4);1H2/t41-,42-,43-,44-,45-,46-,47-,48-,49-,50-;;/m0../s1. The van der Waals surface area contributed by atoms with Crippen molar-refractivity contribution in [1.82, 2.24) is 51.9 Å². The number of guanidine groups is 1. The summed E-state index contributed by atoms with van der Waals surface area (Å²) in [6, 6.07) is 3.62. The highest BCUT2D eigenvalue weighted by atomic mass is 32.2. The number of primary amides is 3. The summed E-state index contributed by atoms with van der Waals surface area (Å²) in [5.41, 5.74) is 40.5. The van der Waals surface area contributed by atoms with Gasteiger partial charge in [0.15, 0.2) is 5.96 Å². The first-order valence-corrected chi connectivity index (χ1v) is 35.9. The number of carboxylic acids is 1. The van der Waals surface area contributed by atoms with Gasteiger partial charge in [-0.1, -0.05) is 74.5 Å². The van der Waals surface area contributed by atoms with E-state index in [0.29, 0.717) is 49.7 Å². The lowest BCUT2D eigenvalue weighted by atomic mass is 10.0. The molecule has 24 N–H and O–H groups in total. The maximum absolute atomic E-state index is 14.8. The minimum atomic E-state index is -3.56. The minimum Gasteiger partial charge on any atom is -0.481 e. The smallest absolute Gasteiger partial charge is 0.300 e. The summed E-state index contributed by atoms with van der Waals surface area (Å²) in [7, 11) is -2.28. The summed E-state index contributed by atoms with van der Waals surface area (Å²) in [5.74, 6) is -12.3. The molecule has 0 spiro atoms. The molecule has 2 aliphatic rings. The zero-order valence-electron chi connectivity index (χ0n) is 59.1. The van der Waals surface area contributed by atoms with Crippen molar-refractivity contribution in [3.8, 4) is 0 Å². The van der Waals surface area contributed by atoms with Crippen LogP contribution in [-0.2, 0) is 89.8 Å². The summed E-state index contributed by atoms with van der Waals surface area (Å²) < 4.78 is 23.7. The Bertz CT molecular complexity index is 3340. The van der Waals surface area contributed by atoms with E-state index in [-0.39, 0.29) is 88.5 Å². The molecule has 2 aromatic rings. The Morgan fingerprint density at radius 3 is 1.50 bits per heavy atom. The number of nitrogens with one attached hydrogen (secondary N) is 7. The van der Waals surface area contributed by atoms with E-state index in [1.165, 1.54) is 16.8 Å². The van der Waals surface area contributed by atoms with Gasteiger partial charge in [-0.3, -0.25) is 72.1 Å². The fourth-order valence-electron chi connectivity index (χ4n) is 11.4. The molecule has 0 bridgehead atoms. The van der Waals surface area contributed by atoms with E-state index in [4.69, 9.17) is 50.0 Å². The van der Waals surface area contributed by atoms with E-state index in [9.17, 15) is 70.7 Å². The van der Waals surface area contributed by atoms with Crippen molar-refractivity contribution in [2.24, 2.45) is 51.0 Å². The molecule has 2 saturated heterocycles. The molecule has 2 heterocycles. The minimum absolute atomic E-state index is 0. The van der Waals surface area contributed by atoms with Crippen LogP contribution in [0.1, 0.15) is 128 Å². The van der Waals surface area contributed by atoms with Crippen molar-refractivity contribution in [3.05, 3.63) is 71.8 Å². The first-order valence-electron chi connectivity index (χ1n) is 33.8. The molecule has 36 nitrogen and oxygen atoms in total. The molecule has 10 atom stereocenters. The van der Waals surface area contributed by atoms with Gasteiger partial charge >= 0.3 is 0 Å². The lowest BCUT2D eigenvalue weighted by molar-refractivity contribution is -0.144. The van der Waals surface area contributed by atoms with Gasteiger partial charge in [0.05, 0.1) is 18.3 Å². The molecule has 0 unspecified atom stereocenters. The van der Waals surface area contributed by atoms with Gasteiger partial charge in [-0.15, -0.1) is 0 Å². The van der Waals surface area contributed by atoms with Crippen LogP contribution in [0, 0.1) is 5.92 Å². The van der Waals surface area contributed by atoms with Crippen molar-refractivity contribution >= 4 is 98.6 Å². The van der Waals surface area contributed by atoms with Gasteiger partial charge < -0.3 is 103 Å². The van der Waals surface area contributed by atoms with E-state index in [0.717, 1.165) is 18.1 Å². The third-order valence-electron chi connectivity index (χ3n) is 16.5. The van der Waals surface area contributed by atoms with E-state index in [2.05, 4.69) is 42.2 Å². The Hall–Kier alpha value is -9.88. The first-order chi connectivity index (χ1) is 48.0. The van der Waals surface area contributed by atoms with Crippen LogP contribution in [0.4, 0.5) is 0 Å². The van der Waals surface area contributed by atoms with Gasteiger partial charge in [-0.05, 0) is 107 Å². The monoisotopic (exact) mass is 1470 g/mol. The number of hydrogen-bond donors (Lipinski definition) is 15. The lowest BCUT2D eigenvalue weighted by Gasteiger charge is -2.32. The normalized spacial score (nSPS) is 16.3. The average molecular weight is 1470 g/mol. The summed E-state index contributed by atoms with van der Waals surface area (Å²) in [6.07, 6.45) is 1.32. The first kappa shape index (κ1) is 89.2. The number of nitrogens with two attached hydrogens (primary N) is 7. The number of likely N-dealkylation sites (tertiary alicyclic amines) is 2. The number of carbonyl (C=O) groups excluding carboxylic acids is 13. The molecule has 2 fully saturated rings. The number of sulfone groups is 1. The van der Waals surface area contributed by atoms with Crippen molar-refractivity contribution < 1.29 is 86.1 Å². The van der Waals surface area contributed by atoms with E-state index in [1.54, 1.807) is 74.5 Å². The molecule has 2 aliphatic heterocycles. The van der Waals surface area contributed by atoms with Crippen LogP contribution in [0.25, 0.3) is 0 Å². The van der Waals surface area contributed by atoms with Crippen LogP contribution in [-0.4, -0.2) is 235 Å². The number of hydrogen-bond acceptors (Lipinski definition) is 19. The fraction of sp³-hybridized carbons (Fsp3) is 0.591. The quantitative estimate of drug-likeness (QED) is 0.0168. The predicted octanol–water partition coefficient (Wildman–Crippen LogP) is -5.42. The molecule has 103 heavy (non-hydrogen) atoms. The number of benzene rings is 2. The number of carboxylic acid groups (broad SMARTS) is 1. The maximum atomic E-state index is 14.8. The van der Waals surface area contributed by atoms with Gasteiger partial charge in [0.1, 0.15) is 64.2 Å². The number of nitrogens with zero attached hydrogens (tertiary/aromatic N) is 4. The third-order valence-corrected chi connectivity index (χ3v) is 17.5. The molecule has 37 heteroatoms. The van der Waals surface area contributed by atoms with Crippen LogP contribution < -0.4 is 77.4 Å². The third kappa shape index (κ3) is 33.2. The molecule has 0 aliphatic carbocycles. The number of amides is 13. The molecular formula is C66H106N18O18S. The zero-order valence-corrected chi connectivity index (χ0v) is 59.9. The number of likely N-dealkylation sites (N-methyl/N-ethyl adjacent to an activating group) is 1. The largest absolute Gasteiger partial charge is 0.481 e. The second-order valence-corrected chi connectivity index (χ2v) is 28.0. The van der Waals surface area contributed by atoms with Crippen LogP contribution in [0.5, 0.6) is 0 Å². The number of unbranched alkanes of at least 4 members (excludes halogenated alkanes) is 1. The highest BCUT2D eigenvalue weighted by Gasteiger charge is 2.43. The summed E-state index contributed by atoms with van der Waals surface area (Å²) in [5, 5.41) is 25.7. The number of rotatable bonds is 42. The van der Waals surface area contributed by atoms with Crippen LogP contribution in [0.3, 0.4) is 0 Å². The second-order valence-electron chi connectivity index (χ2n) is 25.8. The van der Waals surface area contributed by atoms with Crippen molar-refractivity contribution in [2.75, 3.05) is 51.8 Å². The van der Waals surface area contributed by atoms with Crippen molar-refractivity contribution in [1.29, 1.82) is 0 Å². The Labute approximate surface area is 599 Å². The molecule has 2 aromatic carbocycles. The van der Waals surface area contributed by atoms with Crippen LogP contribution in [0.2, 0.25) is 0 Å². The molecule has 574 valence electrons. The maximum Gasteiger partial charge on any atom is 0.300 e. The van der Waals surface area contributed by atoms with E-state index in [1.807, 2.05) is 0 Å². The van der Waals surface area contributed by atoms with Gasteiger partial charge in [0.2, 0.25) is 76.8 Å². The van der Waals surface area contributed by atoms with Gasteiger partial charge in [-0.25, -0.2) is 8.42 Å². The van der Waals surface area contributed by atoms with Gasteiger partial charge in [-0.2, -0.15) is 0 Å². The van der Waals surface area contributed by atoms with Crippen molar-refractivity contribution in [2.45, 2.75) is 190 Å². The van der Waals surface area contributed by atoms with E-state index < -0.39 is 191 Å².